The zero-order chi connectivity index (χ0) is 79.2. The smallest absolute Gasteiger partial charge is 0.525 e. The number of H-pyrrole nitrogens is 3. The van der Waals surface area contributed by atoms with E-state index in [0.29, 0.717) is 143 Å². The normalized spacial score (nSPS) is 10.9. The van der Waals surface area contributed by atoms with Crippen molar-refractivity contribution in [2.75, 3.05) is 36.9 Å². The number of aryl methyl sites for hydroxylation is 3. The van der Waals surface area contributed by atoms with Crippen LogP contribution in [0.2, 0.25) is 0 Å². The number of nitrogen functional groups attached to an aromatic ring is 1. The Balaban J connectivity index is 0.000000139. The summed E-state index contributed by atoms with van der Waals surface area (Å²) in [5, 5.41) is 23.1. The third-order valence-electron chi connectivity index (χ3n) is 18.4. The van der Waals surface area contributed by atoms with E-state index in [1.165, 1.54) is 39.9 Å². The number of aromatic nitrogens is 12. The van der Waals surface area contributed by atoms with Crippen LogP contribution >= 0.6 is 22.6 Å². The highest BCUT2D eigenvalue weighted by molar-refractivity contribution is 14.1. The number of nitrogens with two attached hydrogens (primary N) is 1. The van der Waals surface area contributed by atoms with Crippen molar-refractivity contribution >= 4 is 98.3 Å². The van der Waals surface area contributed by atoms with Crippen molar-refractivity contribution in [3.8, 4) is 61.8 Å². The Morgan fingerprint density at radius 3 is 1.15 bits per heavy atom. The van der Waals surface area contributed by atoms with E-state index in [1.807, 2.05) is 115 Å². The van der Waals surface area contributed by atoms with E-state index in [0.717, 1.165) is 27.8 Å². The molecule has 0 spiro atoms. The molecule has 0 amide bonds. The van der Waals surface area contributed by atoms with Crippen LogP contribution in [0.1, 0.15) is 53.3 Å². The number of hydrogen-bond acceptors (Lipinski definition) is 17. The van der Waals surface area contributed by atoms with Crippen molar-refractivity contribution in [3.63, 3.8) is 0 Å². The number of nitrogens with one attached hydrogen (secondary N) is 3. The maximum Gasteiger partial charge on any atom is 0.570 e. The molecule has 0 unspecified atom stereocenters. The molecule has 9 heterocycles. The average molecular weight is 1630 g/mol. The summed E-state index contributed by atoms with van der Waals surface area (Å²) in [4.78, 5) is 64.3. The number of fused-ring (bicyclic) bond motifs is 3. The minimum atomic E-state index is -0.539. The Morgan fingerprint density at radius 1 is 0.442 bits per heavy atom. The van der Waals surface area contributed by atoms with E-state index in [-0.39, 0.29) is 28.9 Å². The molecule has 6 N–H and O–H groups in total. The predicted octanol–water partition coefficient (Wildman–Crippen LogP) is 16.2. The van der Waals surface area contributed by atoms with Gasteiger partial charge in [-0.15, -0.1) is 0 Å². The lowest BCUT2D eigenvalue weighted by molar-refractivity contribution is 0.0593. The molecule has 0 bridgehead atoms. The second-order valence-corrected chi connectivity index (χ2v) is 27.1. The van der Waals surface area contributed by atoms with E-state index >= 15 is 8.78 Å². The standard InChI is InChI=1S/C33H28FN5O2.C23H21BN3O4.C19H16FN5O2.C10H8FIN2/c1-38-21-24(17-36-38)25-14-9-15-26(30(25)34)29-16-27-28(33(40)41-2)18-35-32(31(27)37-29)39(19-22-10-5-3-6-11-22)20-23-12-7-4-8-13-23;1-30-23(28)19-13-25-22(21-18(19)12-20(26-21)31-24-29)27(14-16-8-4-2-5-9-16)15-17-10-6-3-7-11-17;1-25-9-10(7-23-25)11-4-3-5-12(16(11)20)15-6-13-14(19(26)27-2)8-22-18(21)17(13)24-15;1-14-6-7(5-13-14)8-3-2-4-9(12)10(8)11/h3-18,21,37H,19-20H2,1-2H3;2-13,26,29H,14-15H2,1H3;3-9,24H,1-2H3,(H2,21,22);2-6H,1H3. The number of halogens is 4. The maximum atomic E-state index is 16.0. The highest BCUT2D eigenvalue weighted by atomic mass is 127. The molecule has 113 heavy (non-hydrogen) atoms. The fourth-order valence-electron chi connectivity index (χ4n) is 13.0. The number of esters is 3. The minimum absolute atomic E-state index is 0.180. The van der Waals surface area contributed by atoms with E-state index in [2.05, 4.69) is 98.5 Å². The maximum absolute atomic E-state index is 16.0. The summed E-state index contributed by atoms with van der Waals surface area (Å²) in [5.74, 6) is -0.705. The van der Waals surface area contributed by atoms with Gasteiger partial charge in [0.2, 0.25) is 0 Å². The van der Waals surface area contributed by atoms with Crippen LogP contribution in [0.15, 0.2) is 250 Å². The van der Waals surface area contributed by atoms with E-state index in [9.17, 15) is 18.8 Å². The quantitative estimate of drug-likeness (QED) is 0.0205. The van der Waals surface area contributed by atoms with Crippen molar-refractivity contribution in [3.05, 3.63) is 310 Å². The molecule has 0 saturated heterocycles. The van der Waals surface area contributed by atoms with E-state index in [4.69, 9.17) is 34.6 Å². The molecule has 9 aromatic heterocycles. The molecule has 0 aliphatic rings. The van der Waals surface area contributed by atoms with Crippen molar-refractivity contribution in [1.82, 2.24) is 59.2 Å². The number of anilines is 3. The topological polar surface area (TPSA) is 280 Å². The number of carbonyl (C=O) groups excluding carboxylic acids is 3. The molecular weight excluding hydrogens is 1550 g/mol. The third kappa shape index (κ3) is 17.7. The third-order valence-corrected chi connectivity index (χ3v) is 19.2. The van der Waals surface area contributed by atoms with Crippen LogP contribution in [-0.2, 0) is 61.5 Å². The largest absolute Gasteiger partial charge is 0.570 e. The summed E-state index contributed by atoms with van der Waals surface area (Å²) in [6.07, 6.45) is 14.6. The molecule has 0 fully saturated rings. The van der Waals surface area contributed by atoms with Gasteiger partial charge in [-0.3, -0.25) is 14.0 Å². The van der Waals surface area contributed by atoms with Gasteiger partial charge < -0.3 is 54.4 Å². The average Bonchev–Trinajstić information content (AvgIpc) is 1.64. The fraction of sp³-hybridized carbons (Fsp3) is 0.118. The second-order valence-electron chi connectivity index (χ2n) is 25.9. The SMILES string of the molecule is COC(=O)c1cnc(N(Cc2ccccc2)Cc2ccccc2)c2[nH]c(-c3cccc(-c4cnn(C)c4)c3F)cc12.COC(=O)c1cnc(N(Cc2ccccc2)Cc2ccccc2)c2[nH]c(O[B]O)cc12.COC(=O)c1cnc(N)c2[nH]c(-c3cccc(-c4cnn(C)c4)c3F)cc12.Cn1cc(-c2cccc(I)c2F)cn1. The highest BCUT2D eigenvalue weighted by Crippen LogP contribution is 2.39. The Morgan fingerprint density at radius 2 is 0.779 bits per heavy atom. The van der Waals surface area contributed by atoms with Gasteiger partial charge in [0.1, 0.15) is 23.3 Å². The molecule has 16 rings (SSSR count). The molecule has 28 heteroatoms. The summed E-state index contributed by atoms with van der Waals surface area (Å²) in [6.45, 7) is 2.37. The summed E-state index contributed by atoms with van der Waals surface area (Å²) in [6, 6.07) is 61.2. The Bertz CT molecular complexity index is 5960. The van der Waals surface area contributed by atoms with Gasteiger partial charge in [-0.2, -0.15) is 15.3 Å². The molecule has 23 nitrogen and oxygen atoms in total. The van der Waals surface area contributed by atoms with Crippen LogP contribution in [-0.4, -0.2) is 111 Å². The molecule has 0 aliphatic heterocycles. The van der Waals surface area contributed by atoms with E-state index < -0.39 is 23.7 Å². The first-order valence-electron chi connectivity index (χ1n) is 35.2. The predicted molar refractivity (Wildman–Crippen MR) is 437 cm³/mol. The second kappa shape index (κ2) is 35.4. The van der Waals surface area contributed by atoms with Gasteiger partial charge in [-0.25, -0.2) is 42.5 Å². The van der Waals surface area contributed by atoms with Gasteiger partial charge in [-0.05, 0) is 75.2 Å². The summed E-state index contributed by atoms with van der Waals surface area (Å²) >= 11 is 1.98. The first kappa shape index (κ1) is 77.5. The molecule has 0 aliphatic carbocycles. The van der Waals surface area contributed by atoms with Gasteiger partial charge in [0.05, 0.1) is 73.2 Å². The molecule has 1 radical (unpaired) electrons. The first-order valence-corrected chi connectivity index (χ1v) is 36.3. The van der Waals surface area contributed by atoms with Crippen molar-refractivity contribution in [2.24, 2.45) is 21.1 Å². The lowest BCUT2D eigenvalue weighted by Crippen LogP contribution is -2.24. The summed E-state index contributed by atoms with van der Waals surface area (Å²) < 4.78 is 70.2. The number of ether oxygens (including phenoxy) is 3. The van der Waals surface area contributed by atoms with Gasteiger partial charge in [-0.1, -0.05) is 158 Å². The number of carbonyl (C=O) groups is 3. The number of benzene rings is 7. The van der Waals surface area contributed by atoms with Crippen LogP contribution in [0.4, 0.5) is 30.6 Å². The van der Waals surface area contributed by atoms with Crippen LogP contribution in [0.25, 0.3) is 88.6 Å². The Hall–Kier alpha value is -13.6. The molecular formula is C85H73BF3IN15O8. The zero-order valence-corrected chi connectivity index (χ0v) is 64.0. The number of methoxy groups -OCH3 is 3. The molecule has 567 valence electrons. The van der Waals surface area contributed by atoms with Crippen LogP contribution in [0.3, 0.4) is 0 Å². The van der Waals surface area contributed by atoms with Crippen molar-refractivity contribution in [2.45, 2.75) is 26.2 Å². The lowest BCUT2D eigenvalue weighted by Gasteiger charge is -2.25. The lowest BCUT2D eigenvalue weighted by atomic mass is 10.0. The van der Waals surface area contributed by atoms with Crippen molar-refractivity contribution in [1.29, 1.82) is 0 Å². The van der Waals surface area contributed by atoms with Crippen LogP contribution < -0.4 is 20.2 Å². The zero-order valence-electron chi connectivity index (χ0n) is 61.9. The summed E-state index contributed by atoms with van der Waals surface area (Å²) in [7, 11) is 9.91. The molecule has 0 saturated carbocycles. The van der Waals surface area contributed by atoms with Gasteiger partial charge in [0.15, 0.2) is 17.5 Å². The number of nitrogens with zero attached hydrogens (tertiary/aromatic N) is 11. The number of hydrogen-bond donors (Lipinski definition) is 5. The van der Waals surface area contributed by atoms with Gasteiger partial charge >= 0.3 is 25.6 Å². The van der Waals surface area contributed by atoms with E-state index in [1.54, 1.807) is 126 Å². The Labute approximate surface area is 660 Å². The monoisotopic (exact) mass is 1630 g/mol. The number of rotatable bonds is 20. The number of pyridine rings is 3. The first-order chi connectivity index (χ1) is 54.9. The highest BCUT2D eigenvalue weighted by Gasteiger charge is 2.26. The van der Waals surface area contributed by atoms with Crippen LogP contribution in [0, 0.1) is 21.0 Å². The summed E-state index contributed by atoms with van der Waals surface area (Å²) in [5.41, 5.74) is 18.3. The van der Waals surface area contributed by atoms with Crippen LogP contribution in [0.5, 0.6) is 5.88 Å². The van der Waals surface area contributed by atoms with Crippen molar-refractivity contribution < 1.29 is 51.4 Å². The molecule has 16 aromatic rings. The Kier molecular flexibility index (Phi) is 24.3. The molecule has 0 atom stereocenters. The van der Waals surface area contributed by atoms with Gasteiger partial charge in [0.25, 0.3) is 0 Å². The van der Waals surface area contributed by atoms with Gasteiger partial charge in [0, 0.05) is 166 Å². The number of aromatic amines is 3. The minimum Gasteiger partial charge on any atom is -0.525 e. The molecule has 7 aromatic carbocycles. The fourth-order valence-corrected chi connectivity index (χ4v) is 13.5.